The van der Waals surface area contributed by atoms with Crippen molar-refractivity contribution in [1.82, 2.24) is 19.8 Å². The minimum absolute atomic E-state index is 0.0728. The number of benzene rings is 2. The molecule has 3 heterocycles. The molecule has 1 fully saturated rings. The minimum atomic E-state index is -0.527. The van der Waals surface area contributed by atoms with Crippen LogP contribution in [0.5, 0.6) is 5.75 Å². The summed E-state index contributed by atoms with van der Waals surface area (Å²) in [6.45, 7) is 3.61. The van der Waals surface area contributed by atoms with Gasteiger partial charge in [0.05, 0.1) is 13.7 Å². The molecule has 3 aromatic rings. The molecule has 2 aliphatic heterocycles. The van der Waals surface area contributed by atoms with Gasteiger partial charge in [0.25, 0.3) is 5.91 Å². The fourth-order valence-electron chi connectivity index (χ4n) is 4.87. The van der Waals surface area contributed by atoms with Gasteiger partial charge in [-0.25, -0.2) is 4.98 Å². The molecule has 7 heteroatoms. The summed E-state index contributed by atoms with van der Waals surface area (Å²) in [5, 5.41) is 3.05. The first-order valence-corrected chi connectivity index (χ1v) is 11.5. The Labute approximate surface area is 194 Å². The molecule has 1 aromatic heterocycles. The Morgan fingerprint density at radius 3 is 2.73 bits per heavy atom. The Bertz CT molecular complexity index is 1090. The number of fused-ring (bicyclic) bond motifs is 2. The maximum Gasteiger partial charge on any atom is 0.251 e. The molecule has 0 saturated carbocycles. The summed E-state index contributed by atoms with van der Waals surface area (Å²) in [6.07, 6.45) is 4.85. The fraction of sp³-hybridized carbons (Fsp3) is 0.385. The van der Waals surface area contributed by atoms with Crippen molar-refractivity contribution < 1.29 is 14.3 Å². The van der Waals surface area contributed by atoms with Crippen molar-refractivity contribution in [2.24, 2.45) is 0 Å². The maximum absolute atomic E-state index is 13.0. The van der Waals surface area contributed by atoms with Crippen LogP contribution in [-0.4, -0.2) is 46.7 Å². The van der Waals surface area contributed by atoms with Gasteiger partial charge in [0.2, 0.25) is 0 Å². The Kier molecular flexibility index (Phi) is 6.15. The van der Waals surface area contributed by atoms with E-state index in [2.05, 4.69) is 31.9 Å². The molecule has 5 rings (SSSR count). The van der Waals surface area contributed by atoms with Crippen molar-refractivity contribution in [1.29, 1.82) is 0 Å². The number of piperidine rings is 1. The monoisotopic (exact) mass is 446 g/mol. The van der Waals surface area contributed by atoms with Gasteiger partial charge in [-0.3, -0.25) is 9.69 Å². The van der Waals surface area contributed by atoms with Gasteiger partial charge < -0.3 is 19.4 Å². The normalized spacial score (nSPS) is 19.7. The standard InChI is InChI=1S/C26H30N4O3/c1-32-22-9-5-8-21(16-22)18-29-13-10-26(11-14-29)25-27-12-15-30(25)19-23(33-26)24(31)28-17-20-6-3-2-4-7-20/h2-9,12,15-16,23H,10-11,13-14,17-19H2,1H3,(H,28,31). The van der Waals surface area contributed by atoms with E-state index in [-0.39, 0.29) is 5.91 Å². The number of amides is 1. The quantitative estimate of drug-likeness (QED) is 0.630. The van der Waals surface area contributed by atoms with Crippen LogP contribution in [-0.2, 0) is 34.8 Å². The number of likely N-dealkylation sites (tertiary alicyclic amines) is 1. The molecular formula is C26H30N4O3. The van der Waals surface area contributed by atoms with Gasteiger partial charge in [0.1, 0.15) is 17.2 Å². The summed E-state index contributed by atoms with van der Waals surface area (Å²) in [4.78, 5) is 20.1. The van der Waals surface area contributed by atoms with Crippen molar-refractivity contribution >= 4 is 5.91 Å². The smallest absolute Gasteiger partial charge is 0.251 e. The van der Waals surface area contributed by atoms with E-state index < -0.39 is 11.7 Å². The third kappa shape index (κ3) is 4.65. The molecule has 1 unspecified atom stereocenters. The third-order valence-corrected chi connectivity index (χ3v) is 6.66. The van der Waals surface area contributed by atoms with Crippen LogP contribution in [0.1, 0.15) is 29.8 Å². The number of ether oxygens (including phenoxy) is 2. The second-order valence-electron chi connectivity index (χ2n) is 8.84. The van der Waals surface area contributed by atoms with E-state index in [0.717, 1.165) is 49.6 Å². The maximum atomic E-state index is 13.0. The van der Waals surface area contributed by atoms with Crippen LogP contribution in [0.3, 0.4) is 0 Å². The molecule has 172 valence electrons. The largest absolute Gasteiger partial charge is 0.497 e. The van der Waals surface area contributed by atoms with E-state index >= 15 is 0 Å². The van der Waals surface area contributed by atoms with Gasteiger partial charge in [-0.15, -0.1) is 0 Å². The molecule has 1 amide bonds. The van der Waals surface area contributed by atoms with E-state index in [1.165, 1.54) is 5.56 Å². The van der Waals surface area contributed by atoms with E-state index in [4.69, 9.17) is 9.47 Å². The Morgan fingerprint density at radius 2 is 1.94 bits per heavy atom. The van der Waals surface area contributed by atoms with Crippen molar-refractivity contribution in [2.75, 3.05) is 20.2 Å². The number of imidazole rings is 1. The number of nitrogens with zero attached hydrogens (tertiary/aromatic N) is 3. The van der Waals surface area contributed by atoms with E-state index in [0.29, 0.717) is 13.1 Å². The highest BCUT2D eigenvalue weighted by atomic mass is 16.5. The van der Waals surface area contributed by atoms with E-state index in [1.54, 1.807) is 7.11 Å². The van der Waals surface area contributed by atoms with Gasteiger partial charge in [-0.1, -0.05) is 42.5 Å². The van der Waals surface area contributed by atoms with Gasteiger partial charge in [-0.2, -0.15) is 0 Å². The Hall–Kier alpha value is -3.16. The first-order chi connectivity index (χ1) is 16.1. The van der Waals surface area contributed by atoms with E-state index in [1.807, 2.05) is 54.9 Å². The van der Waals surface area contributed by atoms with Crippen molar-refractivity contribution in [2.45, 2.75) is 44.2 Å². The summed E-state index contributed by atoms with van der Waals surface area (Å²) in [7, 11) is 1.69. The van der Waals surface area contributed by atoms with E-state index in [9.17, 15) is 4.79 Å². The van der Waals surface area contributed by atoms with Gasteiger partial charge >= 0.3 is 0 Å². The zero-order valence-electron chi connectivity index (χ0n) is 18.9. The average molecular weight is 447 g/mol. The molecule has 1 saturated heterocycles. The number of hydrogen-bond acceptors (Lipinski definition) is 5. The number of carbonyl (C=O) groups excluding carboxylic acids is 1. The molecule has 0 aliphatic carbocycles. The minimum Gasteiger partial charge on any atom is -0.497 e. The first kappa shape index (κ1) is 21.7. The highest BCUT2D eigenvalue weighted by Crippen LogP contribution is 2.40. The zero-order chi connectivity index (χ0) is 22.7. The fourth-order valence-corrected chi connectivity index (χ4v) is 4.87. The predicted molar refractivity (Wildman–Crippen MR) is 125 cm³/mol. The number of rotatable bonds is 6. The van der Waals surface area contributed by atoms with Gasteiger partial charge in [-0.05, 0) is 36.1 Å². The molecule has 2 aromatic carbocycles. The summed E-state index contributed by atoms with van der Waals surface area (Å²) >= 11 is 0. The van der Waals surface area contributed by atoms with Crippen molar-refractivity contribution in [3.8, 4) is 5.75 Å². The topological polar surface area (TPSA) is 68.6 Å². The number of hydrogen-bond donors (Lipinski definition) is 1. The molecule has 1 N–H and O–H groups in total. The Morgan fingerprint density at radius 1 is 1.15 bits per heavy atom. The second kappa shape index (κ2) is 9.37. The lowest BCUT2D eigenvalue weighted by Crippen LogP contribution is -2.53. The van der Waals surface area contributed by atoms with Crippen LogP contribution in [0.15, 0.2) is 67.0 Å². The summed E-state index contributed by atoms with van der Waals surface area (Å²) in [5.41, 5.74) is 1.78. The molecule has 2 aliphatic rings. The van der Waals surface area contributed by atoms with Crippen molar-refractivity contribution in [3.63, 3.8) is 0 Å². The number of nitrogens with one attached hydrogen (secondary N) is 1. The highest BCUT2D eigenvalue weighted by molar-refractivity contribution is 5.80. The molecule has 1 atom stereocenters. The van der Waals surface area contributed by atoms with Crippen LogP contribution >= 0.6 is 0 Å². The van der Waals surface area contributed by atoms with Crippen LogP contribution in [0.2, 0.25) is 0 Å². The zero-order valence-corrected chi connectivity index (χ0v) is 18.9. The van der Waals surface area contributed by atoms with Gasteiger partial charge in [0, 0.05) is 38.6 Å². The molecule has 7 nitrogen and oxygen atoms in total. The van der Waals surface area contributed by atoms with Crippen LogP contribution in [0.25, 0.3) is 0 Å². The molecule has 1 spiro atoms. The van der Waals surface area contributed by atoms with Crippen LogP contribution in [0.4, 0.5) is 0 Å². The third-order valence-electron chi connectivity index (χ3n) is 6.66. The number of aromatic nitrogens is 2. The average Bonchev–Trinajstić information content (AvgIpc) is 3.35. The van der Waals surface area contributed by atoms with Crippen molar-refractivity contribution in [3.05, 3.63) is 83.9 Å². The lowest BCUT2D eigenvalue weighted by molar-refractivity contribution is -0.174. The highest BCUT2D eigenvalue weighted by Gasteiger charge is 2.47. The number of carbonyl (C=O) groups is 1. The van der Waals surface area contributed by atoms with Crippen LogP contribution < -0.4 is 10.1 Å². The SMILES string of the molecule is COc1cccc(CN2CCC3(CC2)OC(C(=O)NCc2ccccc2)Cn2ccnc23)c1. The lowest BCUT2D eigenvalue weighted by atomic mass is 9.88. The predicted octanol–water partition coefficient (Wildman–Crippen LogP) is 3.10. The molecule has 33 heavy (non-hydrogen) atoms. The Balaban J connectivity index is 1.25. The molecule has 0 radical (unpaired) electrons. The first-order valence-electron chi connectivity index (χ1n) is 11.5. The van der Waals surface area contributed by atoms with Gasteiger partial charge in [0.15, 0.2) is 6.10 Å². The molecule has 0 bridgehead atoms. The second-order valence-corrected chi connectivity index (χ2v) is 8.84. The summed E-state index contributed by atoms with van der Waals surface area (Å²) < 4.78 is 14.0. The summed E-state index contributed by atoms with van der Waals surface area (Å²) in [5.74, 6) is 1.75. The number of methoxy groups -OCH3 is 1. The lowest BCUT2D eigenvalue weighted by Gasteiger charge is -2.45. The molecular weight excluding hydrogens is 416 g/mol. The summed E-state index contributed by atoms with van der Waals surface area (Å²) in [6, 6.07) is 18.2. The van der Waals surface area contributed by atoms with Crippen LogP contribution in [0, 0.1) is 0 Å².